The largest absolute Gasteiger partial charge is 0.476 e. The number of pyridine rings is 1. The van der Waals surface area contributed by atoms with Crippen molar-refractivity contribution in [3.05, 3.63) is 28.6 Å². The summed E-state index contributed by atoms with van der Waals surface area (Å²) >= 11 is 5.41. The third-order valence-electron chi connectivity index (χ3n) is 1.81. The summed E-state index contributed by atoms with van der Waals surface area (Å²) in [6.07, 6.45) is -2.93. The van der Waals surface area contributed by atoms with Crippen LogP contribution in [-0.4, -0.2) is 16.1 Å². The summed E-state index contributed by atoms with van der Waals surface area (Å²) in [5, 5.41) is 17.3. The number of hydrogen-bond donors (Lipinski definition) is 1. The lowest BCUT2D eigenvalue weighted by Gasteiger charge is -2.07. The second-order valence-electron chi connectivity index (χ2n) is 2.78. The fraction of sp³-hybridized carbons (Fsp3) is 0.222. The average molecular weight is 247 g/mol. The minimum atomic E-state index is -2.93. The maximum Gasteiger partial charge on any atom is 0.355 e. The van der Waals surface area contributed by atoms with Gasteiger partial charge in [0.1, 0.15) is 11.8 Å². The zero-order valence-corrected chi connectivity index (χ0v) is 8.50. The molecule has 0 aliphatic heterocycles. The molecule has 7 heteroatoms. The van der Waals surface area contributed by atoms with Crippen molar-refractivity contribution in [3.63, 3.8) is 0 Å². The first kappa shape index (κ1) is 12.3. The molecule has 1 rings (SSSR count). The van der Waals surface area contributed by atoms with Crippen molar-refractivity contribution in [2.45, 2.75) is 12.3 Å². The Balaban J connectivity index is 3.48. The SMILES string of the molecule is N#Cc1cc(CCl)c(C(F)F)nc1C(=O)O. The molecule has 0 radical (unpaired) electrons. The molecular formula is C9H5ClF2N2O2. The number of carboxylic acids is 1. The number of rotatable bonds is 3. The van der Waals surface area contributed by atoms with Crippen molar-refractivity contribution in [2.24, 2.45) is 0 Å². The Morgan fingerprint density at radius 1 is 1.69 bits per heavy atom. The number of carbonyl (C=O) groups is 1. The number of hydrogen-bond acceptors (Lipinski definition) is 3. The van der Waals surface area contributed by atoms with Gasteiger partial charge in [0, 0.05) is 5.88 Å². The van der Waals surface area contributed by atoms with E-state index in [1.807, 2.05) is 0 Å². The van der Waals surface area contributed by atoms with Crippen molar-refractivity contribution in [1.82, 2.24) is 4.98 Å². The van der Waals surface area contributed by atoms with Crippen molar-refractivity contribution in [3.8, 4) is 6.07 Å². The lowest BCUT2D eigenvalue weighted by Crippen LogP contribution is -2.09. The van der Waals surface area contributed by atoms with Gasteiger partial charge in [-0.05, 0) is 11.6 Å². The van der Waals surface area contributed by atoms with E-state index in [-0.39, 0.29) is 17.0 Å². The Morgan fingerprint density at radius 2 is 2.31 bits per heavy atom. The molecule has 0 bridgehead atoms. The van der Waals surface area contributed by atoms with Crippen LogP contribution in [0.5, 0.6) is 0 Å². The highest BCUT2D eigenvalue weighted by Crippen LogP contribution is 2.24. The number of nitriles is 1. The second kappa shape index (κ2) is 4.86. The number of aromatic nitrogens is 1. The summed E-state index contributed by atoms with van der Waals surface area (Å²) in [6.45, 7) is 0. The molecule has 1 aromatic heterocycles. The molecule has 1 aromatic rings. The molecule has 4 nitrogen and oxygen atoms in total. The number of nitrogens with zero attached hydrogens (tertiary/aromatic N) is 2. The Morgan fingerprint density at radius 3 is 2.69 bits per heavy atom. The zero-order valence-electron chi connectivity index (χ0n) is 7.75. The summed E-state index contributed by atoms with van der Waals surface area (Å²) in [6, 6.07) is 2.59. The van der Waals surface area contributed by atoms with Gasteiger partial charge in [-0.15, -0.1) is 11.6 Å². The van der Waals surface area contributed by atoms with E-state index in [0.29, 0.717) is 0 Å². The monoisotopic (exact) mass is 246 g/mol. The number of aromatic carboxylic acids is 1. The maximum atomic E-state index is 12.5. The highest BCUT2D eigenvalue weighted by atomic mass is 35.5. The topological polar surface area (TPSA) is 74.0 Å². The van der Waals surface area contributed by atoms with E-state index in [4.69, 9.17) is 22.0 Å². The molecule has 1 N–H and O–H groups in total. The van der Waals surface area contributed by atoms with E-state index in [2.05, 4.69) is 4.98 Å². The first-order valence-corrected chi connectivity index (χ1v) is 4.56. The first-order chi connectivity index (χ1) is 7.51. The molecule has 0 aliphatic carbocycles. The van der Waals surface area contributed by atoms with Gasteiger partial charge in [0.25, 0.3) is 6.43 Å². The Kier molecular flexibility index (Phi) is 3.74. The normalized spacial score (nSPS) is 10.2. The summed E-state index contributed by atoms with van der Waals surface area (Å²) < 4.78 is 25.0. The van der Waals surface area contributed by atoms with E-state index in [9.17, 15) is 13.6 Å². The molecule has 0 saturated carbocycles. The minimum Gasteiger partial charge on any atom is -0.476 e. The van der Waals surface area contributed by atoms with Crippen molar-refractivity contribution in [1.29, 1.82) is 5.26 Å². The highest BCUT2D eigenvalue weighted by molar-refractivity contribution is 6.17. The predicted octanol–water partition coefficient (Wildman–Crippen LogP) is 2.33. The van der Waals surface area contributed by atoms with Gasteiger partial charge < -0.3 is 5.11 Å². The lowest BCUT2D eigenvalue weighted by atomic mass is 10.1. The van der Waals surface area contributed by atoms with Gasteiger partial charge in [-0.3, -0.25) is 0 Å². The third-order valence-corrected chi connectivity index (χ3v) is 2.10. The molecule has 0 fully saturated rings. The van der Waals surface area contributed by atoms with Crippen LogP contribution in [0.3, 0.4) is 0 Å². The van der Waals surface area contributed by atoms with Crippen LogP contribution < -0.4 is 0 Å². The molecule has 0 aliphatic rings. The molecule has 0 unspecified atom stereocenters. The summed E-state index contributed by atoms with van der Waals surface area (Å²) in [4.78, 5) is 13.9. The summed E-state index contributed by atoms with van der Waals surface area (Å²) in [5.41, 5.74) is -1.72. The number of alkyl halides is 3. The van der Waals surface area contributed by atoms with Crippen LogP contribution in [0.4, 0.5) is 8.78 Å². The van der Waals surface area contributed by atoms with Gasteiger partial charge in [-0.25, -0.2) is 18.6 Å². The molecule has 0 saturated heterocycles. The third kappa shape index (κ3) is 2.25. The van der Waals surface area contributed by atoms with Gasteiger partial charge >= 0.3 is 5.97 Å². The van der Waals surface area contributed by atoms with E-state index in [1.54, 1.807) is 6.07 Å². The Hall–Kier alpha value is -1.74. The van der Waals surface area contributed by atoms with Crippen molar-refractivity contribution < 1.29 is 18.7 Å². The molecule has 84 valence electrons. The van der Waals surface area contributed by atoms with Crippen molar-refractivity contribution in [2.75, 3.05) is 0 Å². The van der Waals surface area contributed by atoms with Crippen LogP contribution in [-0.2, 0) is 5.88 Å². The van der Waals surface area contributed by atoms with Crippen LogP contribution in [0.25, 0.3) is 0 Å². The molecular weight excluding hydrogens is 242 g/mol. The van der Waals surface area contributed by atoms with E-state index >= 15 is 0 Å². The number of carboxylic acid groups (broad SMARTS) is 1. The summed E-state index contributed by atoms with van der Waals surface area (Å²) in [5.74, 6) is -1.79. The van der Waals surface area contributed by atoms with Crippen LogP contribution in [0.2, 0.25) is 0 Å². The van der Waals surface area contributed by atoms with Crippen LogP contribution >= 0.6 is 11.6 Å². The molecule has 0 aromatic carbocycles. The van der Waals surface area contributed by atoms with Crippen LogP contribution in [0.15, 0.2) is 6.07 Å². The Labute approximate surface area is 94.1 Å². The standard InChI is InChI=1S/C9H5ClF2N2O2/c10-2-4-1-5(3-13)7(9(15)16)14-6(4)8(11)12/h1,8H,2H2,(H,15,16). The smallest absolute Gasteiger partial charge is 0.355 e. The summed E-state index contributed by atoms with van der Waals surface area (Å²) in [7, 11) is 0. The fourth-order valence-corrected chi connectivity index (χ4v) is 1.33. The molecule has 0 atom stereocenters. The van der Waals surface area contributed by atoms with Crippen LogP contribution in [0, 0.1) is 11.3 Å². The Bertz CT molecular complexity index is 471. The van der Waals surface area contributed by atoms with E-state index < -0.39 is 23.8 Å². The molecule has 16 heavy (non-hydrogen) atoms. The van der Waals surface area contributed by atoms with Crippen molar-refractivity contribution >= 4 is 17.6 Å². The highest BCUT2D eigenvalue weighted by Gasteiger charge is 2.21. The quantitative estimate of drug-likeness (QED) is 0.831. The zero-order chi connectivity index (χ0) is 12.3. The van der Waals surface area contributed by atoms with Gasteiger partial charge in [0.05, 0.1) is 5.56 Å². The van der Waals surface area contributed by atoms with Crippen LogP contribution in [0.1, 0.15) is 33.7 Å². The fourth-order valence-electron chi connectivity index (χ4n) is 1.11. The van der Waals surface area contributed by atoms with Gasteiger partial charge in [0.2, 0.25) is 0 Å². The maximum absolute atomic E-state index is 12.5. The predicted molar refractivity (Wildman–Crippen MR) is 50.4 cm³/mol. The average Bonchev–Trinajstić information content (AvgIpc) is 2.26. The van der Waals surface area contributed by atoms with Gasteiger partial charge in [-0.1, -0.05) is 0 Å². The number of halogens is 3. The molecule has 1 heterocycles. The minimum absolute atomic E-state index is 0.0433. The first-order valence-electron chi connectivity index (χ1n) is 4.02. The molecule has 0 spiro atoms. The lowest BCUT2D eigenvalue weighted by molar-refractivity contribution is 0.0688. The van der Waals surface area contributed by atoms with Gasteiger partial charge in [-0.2, -0.15) is 5.26 Å². The van der Waals surface area contributed by atoms with E-state index in [0.717, 1.165) is 6.07 Å². The van der Waals surface area contributed by atoms with E-state index in [1.165, 1.54) is 0 Å². The second-order valence-corrected chi connectivity index (χ2v) is 3.05. The molecule has 0 amide bonds. The van der Waals surface area contributed by atoms with Gasteiger partial charge in [0.15, 0.2) is 5.69 Å².